The molecule has 1 aliphatic rings. The first-order chi connectivity index (χ1) is 8.28. The molecule has 0 N–H and O–H groups in total. The van der Waals surface area contributed by atoms with Crippen molar-refractivity contribution in [1.29, 1.82) is 0 Å². The molecule has 5 heteroatoms. The van der Waals surface area contributed by atoms with Crippen LogP contribution in [0.3, 0.4) is 0 Å². The van der Waals surface area contributed by atoms with E-state index >= 15 is 0 Å². The van der Waals surface area contributed by atoms with Crippen molar-refractivity contribution in [3.05, 3.63) is 45.8 Å². The number of alkyl halides is 1. The van der Waals surface area contributed by atoms with Gasteiger partial charge in [-0.15, -0.1) is 0 Å². The van der Waals surface area contributed by atoms with Crippen LogP contribution in [0.5, 0.6) is 0 Å². The summed E-state index contributed by atoms with van der Waals surface area (Å²) in [4.78, 5) is 4.85. The second-order valence-corrected chi connectivity index (χ2v) is 4.33. The van der Waals surface area contributed by atoms with E-state index in [4.69, 9.17) is 5.53 Å². The normalized spacial score (nSPS) is 20.2. The summed E-state index contributed by atoms with van der Waals surface area (Å²) in [5, 5.41) is 3.53. The van der Waals surface area contributed by atoms with Crippen LogP contribution >= 0.6 is 0 Å². The molecule has 0 radical (unpaired) electrons. The zero-order valence-corrected chi connectivity index (χ0v) is 9.59. The van der Waals surface area contributed by atoms with Crippen LogP contribution in [0.25, 0.3) is 10.4 Å². The Morgan fingerprint density at radius 3 is 3.00 bits per heavy atom. The van der Waals surface area contributed by atoms with Gasteiger partial charge in [-0.2, -0.15) is 0 Å². The van der Waals surface area contributed by atoms with E-state index in [9.17, 15) is 4.39 Å². The minimum Gasteiger partial charge on any atom is -0.296 e. The molecule has 0 amide bonds. The molecule has 90 valence electrons. The van der Waals surface area contributed by atoms with Gasteiger partial charge >= 0.3 is 0 Å². The molecule has 1 unspecified atom stereocenters. The lowest BCUT2D eigenvalue weighted by molar-refractivity contribution is 0.282. The maximum Gasteiger partial charge on any atom is 0.114 e. The maximum atomic E-state index is 13.0. The van der Waals surface area contributed by atoms with Crippen LogP contribution in [-0.4, -0.2) is 24.2 Å². The highest BCUT2D eigenvalue weighted by Gasteiger charge is 2.21. The number of hydrogen-bond acceptors (Lipinski definition) is 2. The van der Waals surface area contributed by atoms with Crippen molar-refractivity contribution in [3.8, 4) is 0 Å². The van der Waals surface area contributed by atoms with E-state index in [1.54, 1.807) is 0 Å². The van der Waals surface area contributed by atoms with Crippen molar-refractivity contribution >= 4 is 0 Å². The zero-order valence-electron chi connectivity index (χ0n) is 9.59. The van der Waals surface area contributed by atoms with E-state index in [2.05, 4.69) is 14.9 Å². The van der Waals surface area contributed by atoms with Gasteiger partial charge in [-0.1, -0.05) is 29.4 Å². The molecular formula is C12H15FN4. The van der Waals surface area contributed by atoms with Crippen LogP contribution in [0.15, 0.2) is 29.4 Å². The average molecular weight is 234 g/mol. The topological polar surface area (TPSA) is 52.0 Å². The van der Waals surface area contributed by atoms with Gasteiger partial charge in [0.25, 0.3) is 0 Å². The van der Waals surface area contributed by atoms with Crippen LogP contribution in [0, 0.1) is 0 Å². The third-order valence-electron chi connectivity index (χ3n) is 2.93. The molecule has 2 rings (SSSR count). The van der Waals surface area contributed by atoms with Gasteiger partial charge in [-0.3, -0.25) is 4.90 Å². The van der Waals surface area contributed by atoms with E-state index in [0.717, 1.165) is 24.2 Å². The molecule has 0 bridgehead atoms. The highest BCUT2D eigenvalue weighted by atomic mass is 19.1. The van der Waals surface area contributed by atoms with E-state index in [1.807, 2.05) is 24.3 Å². The number of rotatable bonds is 4. The lowest BCUT2D eigenvalue weighted by Gasteiger charge is -2.14. The molecule has 0 saturated carbocycles. The van der Waals surface area contributed by atoms with Crippen molar-refractivity contribution in [2.45, 2.75) is 25.7 Å². The molecule has 1 aromatic carbocycles. The van der Waals surface area contributed by atoms with Gasteiger partial charge < -0.3 is 0 Å². The number of benzene rings is 1. The SMILES string of the molecule is [N-]=[N+]=NCc1cccc(CN2CCC(F)C2)c1. The van der Waals surface area contributed by atoms with E-state index in [-0.39, 0.29) is 0 Å². The minimum absolute atomic E-state index is 0.371. The van der Waals surface area contributed by atoms with E-state index < -0.39 is 6.17 Å². The van der Waals surface area contributed by atoms with Crippen molar-refractivity contribution in [3.63, 3.8) is 0 Å². The van der Waals surface area contributed by atoms with Gasteiger partial charge in [0.2, 0.25) is 0 Å². The zero-order chi connectivity index (χ0) is 12.1. The average Bonchev–Trinajstić information content (AvgIpc) is 2.73. The smallest absolute Gasteiger partial charge is 0.114 e. The number of nitrogens with zero attached hydrogens (tertiary/aromatic N) is 4. The minimum atomic E-state index is -0.679. The first-order valence-corrected chi connectivity index (χ1v) is 5.73. The highest BCUT2D eigenvalue weighted by Crippen LogP contribution is 2.16. The Morgan fingerprint density at radius 2 is 2.29 bits per heavy atom. The second kappa shape index (κ2) is 5.66. The Kier molecular flexibility index (Phi) is 3.96. The molecule has 1 aromatic rings. The molecule has 4 nitrogen and oxygen atoms in total. The van der Waals surface area contributed by atoms with E-state index in [0.29, 0.717) is 19.5 Å². The summed E-state index contributed by atoms with van der Waals surface area (Å²) >= 11 is 0. The predicted molar refractivity (Wildman–Crippen MR) is 64.1 cm³/mol. The van der Waals surface area contributed by atoms with Crippen LogP contribution in [-0.2, 0) is 13.1 Å². The lowest BCUT2D eigenvalue weighted by Crippen LogP contribution is -2.20. The predicted octanol–water partition coefficient (Wildman–Crippen LogP) is 3.04. The van der Waals surface area contributed by atoms with Gasteiger partial charge in [-0.05, 0) is 23.1 Å². The van der Waals surface area contributed by atoms with Crippen LogP contribution in [0.2, 0.25) is 0 Å². The molecule has 1 atom stereocenters. The molecule has 1 aliphatic heterocycles. The summed E-state index contributed by atoms with van der Waals surface area (Å²) in [6.07, 6.45) is -0.0420. The first kappa shape index (κ1) is 11.9. The fourth-order valence-electron chi connectivity index (χ4n) is 2.13. The van der Waals surface area contributed by atoms with Gasteiger partial charge in [0, 0.05) is 24.5 Å². The van der Waals surface area contributed by atoms with Crippen molar-refractivity contribution in [2.24, 2.45) is 5.11 Å². The summed E-state index contributed by atoms with van der Waals surface area (Å²) in [7, 11) is 0. The van der Waals surface area contributed by atoms with Crippen molar-refractivity contribution in [1.82, 2.24) is 4.90 Å². The summed E-state index contributed by atoms with van der Waals surface area (Å²) in [5.74, 6) is 0. The number of likely N-dealkylation sites (tertiary alicyclic amines) is 1. The van der Waals surface area contributed by atoms with Gasteiger partial charge in [0.1, 0.15) is 6.17 Å². The molecule has 1 saturated heterocycles. The van der Waals surface area contributed by atoms with Crippen LogP contribution in [0.1, 0.15) is 17.5 Å². The van der Waals surface area contributed by atoms with Gasteiger partial charge in [0.15, 0.2) is 0 Å². The second-order valence-electron chi connectivity index (χ2n) is 4.33. The fraction of sp³-hybridized carbons (Fsp3) is 0.500. The monoisotopic (exact) mass is 234 g/mol. The molecule has 0 aromatic heterocycles. The number of azide groups is 1. The molecule has 0 spiro atoms. The first-order valence-electron chi connectivity index (χ1n) is 5.73. The Balaban J connectivity index is 1.98. The van der Waals surface area contributed by atoms with Gasteiger partial charge in [-0.25, -0.2) is 4.39 Å². The quantitative estimate of drug-likeness (QED) is 0.448. The standard InChI is InChI=1S/C12H15FN4/c13-12-4-5-17(9-12)8-11-3-1-2-10(6-11)7-15-16-14/h1-3,6,12H,4-5,7-9H2. The Morgan fingerprint density at radius 1 is 1.47 bits per heavy atom. The Labute approximate surface area is 99.7 Å². The third kappa shape index (κ3) is 3.44. The third-order valence-corrected chi connectivity index (χ3v) is 2.93. The Hall–Kier alpha value is -1.58. The highest BCUT2D eigenvalue weighted by molar-refractivity contribution is 5.23. The molecule has 0 aliphatic carbocycles. The molecule has 17 heavy (non-hydrogen) atoms. The maximum absolute atomic E-state index is 13.0. The lowest BCUT2D eigenvalue weighted by atomic mass is 10.1. The Bertz CT molecular complexity index is 428. The number of hydrogen-bond donors (Lipinski definition) is 0. The van der Waals surface area contributed by atoms with Crippen LogP contribution < -0.4 is 0 Å². The van der Waals surface area contributed by atoms with Gasteiger partial charge in [0.05, 0.1) is 6.54 Å². The molecule has 1 heterocycles. The summed E-state index contributed by atoms with van der Waals surface area (Å²) in [5.41, 5.74) is 10.4. The molecule has 1 fully saturated rings. The fourth-order valence-corrected chi connectivity index (χ4v) is 2.13. The van der Waals surface area contributed by atoms with Crippen LogP contribution in [0.4, 0.5) is 4.39 Å². The largest absolute Gasteiger partial charge is 0.296 e. The summed E-state index contributed by atoms with van der Waals surface area (Å²) in [6.45, 7) is 2.49. The van der Waals surface area contributed by atoms with E-state index in [1.165, 1.54) is 0 Å². The number of halogens is 1. The van der Waals surface area contributed by atoms with Crippen molar-refractivity contribution in [2.75, 3.05) is 13.1 Å². The summed E-state index contributed by atoms with van der Waals surface area (Å²) < 4.78 is 13.0. The van der Waals surface area contributed by atoms with Crippen molar-refractivity contribution < 1.29 is 4.39 Å². The summed E-state index contributed by atoms with van der Waals surface area (Å²) in [6, 6.07) is 7.91. The molecular weight excluding hydrogens is 219 g/mol.